The van der Waals surface area contributed by atoms with Gasteiger partial charge < -0.3 is 11.1 Å². The summed E-state index contributed by atoms with van der Waals surface area (Å²) in [5.74, 6) is -0.988. The van der Waals surface area contributed by atoms with E-state index in [0.717, 1.165) is 0 Å². The number of thiocarbonyl (C=S) groups is 1. The Labute approximate surface area is 126 Å². The molecular weight excluding hydrogens is 291 g/mol. The number of amides is 1. The number of aryl methyl sites for hydroxylation is 2. The Morgan fingerprint density at radius 2 is 2.24 bits per heavy atom. The Morgan fingerprint density at radius 1 is 1.52 bits per heavy atom. The van der Waals surface area contributed by atoms with Gasteiger partial charge in [-0.2, -0.15) is 5.10 Å². The van der Waals surface area contributed by atoms with Crippen LogP contribution in [0.5, 0.6) is 0 Å². The highest BCUT2D eigenvalue weighted by molar-refractivity contribution is 7.80. The number of nitrogens with two attached hydrogens (primary N) is 1. The second-order valence-corrected chi connectivity index (χ2v) is 4.97. The summed E-state index contributed by atoms with van der Waals surface area (Å²) in [5, 5.41) is 6.71. The molecule has 0 aliphatic heterocycles. The number of carbonyl (C=O) groups excluding carboxylic acids is 1. The molecule has 0 atom stereocenters. The number of hydrogen-bond acceptors (Lipinski definition) is 3. The lowest BCUT2D eigenvalue weighted by molar-refractivity contribution is 0.102. The molecule has 2 rings (SSSR count). The zero-order valence-corrected chi connectivity index (χ0v) is 12.5. The minimum absolute atomic E-state index is 0.0749. The molecule has 0 unspecified atom stereocenters. The fourth-order valence-corrected chi connectivity index (χ4v) is 2.07. The van der Waals surface area contributed by atoms with Crippen LogP contribution in [0.1, 0.15) is 28.5 Å². The van der Waals surface area contributed by atoms with Gasteiger partial charge in [-0.15, -0.1) is 0 Å². The molecule has 0 aliphatic rings. The summed E-state index contributed by atoms with van der Waals surface area (Å²) in [5.41, 5.74) is 7.01. The number of nitrogens with zero attached hydrogens (tertiary/aromatic N) is 2. The highest BCUT2D eigenvalue weighted by Crippen LogP contribution is 2.18. The first kappa shape index (κ1) is 15.1. The standard InChI is InChI=1S/C14H15FN4OS/c1-3-11-9(7-19(2)18-11)14(20)17-12-5-4-8(13(16)21)6-10(12)15/h4-7H,3H2,1-2H3,(H2,16,21)(H,17,20). The Balaban J connectivity index is 2.25. The molecule has 5 nitrogen and oxygen atoms in total. The van der Waals surface area contributed by atoms with Crippen molar-refractivity contribution in [1.29, 1.82) is 0 Å². The van der Waals surface area contributed by atoms with Crippen molar-refractivity contribution < 1.29 is 9.18 Å². The highest BCUT2D eigenvalue weighted by Gasteiger charge is 2.16. The number of nitrogens with one attached hydrogen (secondary N) is 1. The molecular formula is C14H15FN4OS. The van der Waals surface area contributed by atoms with E-state index in [1.165, 1.54) is 12.1 Å². The van der Waals surface area contributed by atoms with E-state index in [-0.39, 0.29) is 10.7 Å². The normalized spacial score (nSPS) is 10.4. The molecule has 1 aromatic carbocycles. The number of halogens is 1. The molecule has 1 heterocycles. The average Bonchev–Trinajstić information content (AvgIpc) is 2.82. The molecule has 0 fully saturated rings. The molecule has 1 aromatic heterocycles. The lowest BCUT2D eigenvalue weighted by atomic mass is 10.1. The van der Waals surface area contributed by atoms with Crippen LogP contribution in [0.4, 0.5) is 10.1 Å². The van der Waals surface area contributed by atoms with Crippen molar-refractivity contribution in [2.75, 3.05) is 5.32 Å². The fourth-order valence-electron chi connectivity index (χ4n) is 1.94. The topological polar surface area (TPSA) is 72.9 Å². The largest absolute Gasteiger partial charge is 0.389 e. The van der Waals surface area contributed by atoms with Gasteiger partial charge in [0, 0.05) is 18.8 Å². The molecule has 2 aromatic rings. The molecule has 1 amide bonds. The lowest BCUT2D eigenvalue weighted by Crippen LogP contribution is -2.15. The number of aromatic nitrogens is 2. The van der Waals surface area contributed by atoms with Crippen LogP contribution in [-0.2, 0) is 13.5 Å². The van der Waals surface area contributed by atoms with Crippen LogP contribution in [0.25, 0.3) is 0 Å². The van der Waals surface area contributed by atoms with E-state index in [1.54, 1.807) is 24.0 Å². The van der Waals surface area contributed by atoms with Crippen molar-refractivity contribution in [3.63, 3.8) is 0 Å². The molecule has 3 N–H and O–H groups in total. The quantitative estimate of drug-likeness (QED) is 0.848. The minimum Gasteiger partial charge on any atom is -0.389 e. The monoisotopic (exact) mass is 306 g/mol. The third-order valence-corrected chi connectivity index (χ3v) is 3.22. The van der Waals surface area contributed by atoms with Gasteiger partial charge in [0.1, 0.15) is 10.8 Å². The van der Waals surface area contributed by atoms with Crippen LogP contribution in [0, 0.1) is 5.82 Å². The van der Waals surface area contributed by atoms with Gasteiger partial charge in [-0.3, -0.25) is 9.48 Å². The van der Waals surface area contributed by atoms with Crippen LogP contribution >= 0.6 is 12.2 Å². The Bertz CT molecular complexity index is 711. The Kier molecular flexibility index (Phi) is 4.32. The predicted octanol–water partition coefficient (Wildman–Crippen LogP) is 2.01. The van der Waals surface area contributed by atoms with Gasteiger partial charge >= 0.3 is 0 Å². The van der Waals surface area contributed by atoms with E-state index in [1.807, 2.05) is 6.92 Å². The van der Waals surface area contributed by atoms with E-state index >= 15 is 0 Å². The average molecular weight is 306 g/mol. The maximum Gasteiger partial charge on any atom is 0.259 e. The molecule has 0 spiro atoms. The highest BCUT2D eigenvalue weighted by atomic mass is 32.1. The van der Waals surface area contributed by atoms with Crippen molar-refractivity contribution in [2.45, 2.75) is 13.3 Å². The number of hydrogen-bond donors (Lipinski definition) is 2. The van der Waals surface area contributed by atoms with Crippen LogP contribution in [0.2, 0.25) is 0 Å². The number of anilines is 1. The Hall–Kier alpha value is -2.28. The summed E-state index contributed by atoms with van der Waals surface area (Å²) in [7, 11) is 1.73. The maximum atomic E-state index is 13.9. The molecule has 7 heteroatoms. The van der Waals surface area contributed by atoms with E-state index in [0.29, 0.717) is 23.2 Å². The molecule has 110 valence electrons. The summed E-state index contributed by atoms with van der Waals surface area (Å²) in [6, 6.07) is 4.19. The summed E-state index contributed by atoms with van der Waals surface area (Å²) in [6.07, 6.45) is 2.22. The van der Waals surface area contributed by atoms with Crippen molar-refractivity contribution in [2.24, 2.45) is 12.8 Å². The van der Waals surface area contributed by atoms with Gasteiger partial charge in [0.05, 0.1) is 16.9 Å². The van der Waals surface area contributed by atoms with Gasteiger partial charge in [-0.25, -0.2) is 4.39 Å². The summed E-state index contributed by atoms with van der Waals surface area (Å²) >= 11 is 4.78. The number of benzene rings is 1. The van der Waals surface area contributed by atoms with Crippen LogP contribution in [0.15, 0.2) is 24.4 Å². The summed E-state index contributed by atoms with van der Waals surface area (Å²) < 4.78 is 15.5. The maximum absolute atomic E-state index is 13.9. The lowest BCUT2D eigenvalue weighted by Gasteiger charge is -2.07. The number of carbonyl (C=O) groups is 1. The van der Waals surface area contributed by atoms with Gasteiger partial charge in [0.25, 0.3) is 5.91 Å². The van der Waals surface area contributed by atoms with Crippen LogP contribution < -0.4 is 11.1 Å². The zero-order valence-electron chi connectivity index (χ0n) is 11.7. The van der Waals surface area contributed by atoms with Crippen molar-refractivity contribution in [3.05, 3.63) is 47.0 Å². The molecule has 0 saturated carbocycles. The zero-order chi connectivity index (χ0) is 15.6. The second kappa shape index (κ2) is 6.01. The first-order valence-corrected chi connectivity index (χ1v) is 6.76. The minimum atomic E-state index is -0.587. The second-order valence-electron chi connectivity index (χ2n) is 4.53. The predicted molar refractivity (Wildman–Crippen MR) is 82.8 cm³/mol. The van der Waals surface area contributed by atoms with E-state index in [2.05, 4.69) is 10.4 Å². The molecule has 0 bridgehead atoms. The Morgan fingerprint density at radius 3 is 2.81 bits per heavy atom. The van der Waals surface area contributed by atoms with Crippen LogP contribution in [0.3, 0.4) is 0 Å². The third-order valence-electron chi connectivity index (χ3n) is 2.99. The van der Waals surface area contributed by atoms with Gasteiger partial charge in [-0.1, -0.05) is 19.1 Å². The van der Waals surface area contributed by atoms with Gasteiger partial charge in [0.2, 0.25) is 0 Å². The van der Waals surface area contributed by atoms with Crippen LogP contribution in [-0.4, -0.2) is 20.7 Å². The number of rotatable bonds is 4. The van der Waals surface area contributed by atoms with E-state index in [9.17, 15) is 9.18 Å². The third kappa shape index (κ3) is 3.25. The van der Waals surface area contributed by atoms with E-state index in [4.69, 9.17) is 18.0 Å². The molecule has 21 heavy (non-hydrogen) atoms. The van der Waals surface area contributed by atoms with Crippen molar-refractivity contribution in [3.8, 4) is 0 Å². The SMILES string of the molecule is CCc1nn(C)cc1C(=O)Nc1ccc(C(N)=S)cc1F. The first-order valence-electron chi connectivity index (χ1n) is 6.35. The van der Waals surface area contributed by atoms with E-state index < -0.39 is 11.7 Å². The first-order chi connectivity index (χ1) is 9.92. The van der Waals surface area contributed by atoms with Gasteiger partial charge in [0.15, 0.2) is 0 Å². The smallest absolute Gasteiger partial charge is 0.259 e. The van der Waals surface area contributed by atoms with Gasteiger partial charge in [-0.05, 0) is 24.6 Å². The molecule has 0 radical (unpaired) electrons. The fraction of sp³-hybridized carbons (Fsp3) is 0.214. The van der Waals surface area contributed by atoms with Crippen molar-refractivity contribution >= 4 is 28.8 Å². The summed E-state index contributed by atoms with van der Waals surface area (Å²) in [4.78, 5) is 12.3. The molecule has 0 saturated heterocycles. The summed E-state index contributed by atoms with van der Waals surface area (Å²) in [6.45, 7) is 1.90. The van der Waals surface area contributed by atoms with Crippen molar-refractivity contribution in [1.82, 2.24) is 9.78 Å². The molecule has 0 aliphatic carbocycles.